The number of carboxylic acid groups (broad SMARTS) is 1. The number of ether oxygens (including phenoxy) is 1. The maximum absolute atomic E-state index is 12.6. The van der Waals surface area contributed by atoms with Crippen molar-refractivity contribution in [2.45, 2.75) is 6.36 Å². The summed E-state index contributed by atoms with van der Waals surface area (Å²) in [5.41, 5.74) is 6.82. The maximum atomic E-state index is 12.6. The first kappa shape index (κ1) is 24.5. The lowest BCUT2D eigenvalue weighted by atomic mass is 10.1. The summed E-state index contributed by atoms with van der Waals surface area (Å²) in [6.07, 6.45) is -4.87. The Kier molecular flexibility index (Phi) is 7.70. The smallest absolute Gasteiger partial charge is 0.480 e. The third-order valence-corrected chi connectivity index (χ3v) is 4.24. The minimum Gasteiger partial charge on any atom is -0.480 e. The fourth-order valence-corrected chi connectivity index (χ4v) is 2.88. The van der Waals surface area contributed by atoms with Gasteiger partial charge in [0.25, 0.3) is 0 Å². The van der Waals surface area contributed by atoms with Crippen molar-refractivity contribution in [1.29, 1.82) is 0 Å². The van der Waals surface area contributed by atoms with Gasteiger partial charge in [-0.1, -0.05) is 23.0 Å². The van der Waals surface area contributed by atoms with Crippen LogP contribution < -0.4 is 20.9 Å². The van der Waals surface area contributed by atoms with Crippen LogP contribution in [0.15, 0.2) is 59.0 Å². The van der Waals surface area contributed by atoms with Gasteiger partial charge in [-0.25, -0.2) is 4.98 Å². The molecule has 0 atom stereocenters. The van der Waals surface area contributed by atoms with E-state index in [-0.39, 0.29) is 28.7 Å². The predicted molar refractivity (Wildman–Crippen MR) is 117 cm³/mol. The van der Waals surface area contributed by atoms with Crippen LogP contribution >= 0.6 is 0 Å². The molecular formula is C19H16F3N6O5S-. The van der Waals surface area contributed by atoms with Crippen molar-refractivity contribution in [3.05, 3.63) is 54.6 Å². The molecule has 3 aromatic rings. The third-order valence-electron chi connectivity index (χ3n) is 3.87. The van der Waals surface area contributed by atoms with Crippen molar-refractivity contribution < 1.29 is 36.6 Å². The number of benzene rings is 2. The van der Waals surface area contributed by atoms with E-state index in [1.165, 1.54) is 30.3 Å². The Morgan fingerprint density at radius 3 is 2.47 bits per heavy atom. The van der Waals surface area contributed by atoms with Crippen LogP contribution in [0.25, 0.3) is 11.3 Å². The molecule has 0 aliphatic heterocycles. The molecule has 0 saturated heterocycles. The van der Waals surface area contributed by atoms with Crippen LogP contribution in [0.1, 0.15) is 0 Å². The summed E-state index contributed by atoms with van der Waals surface area (Å²) in [4.78, 5) is 19.2. The van der Waals surface area contributed by atoms with Crippen LogP contribution in [-0.4, -0.2) is 38.5 Å². The van der Waals surface area contributed by atoms with Gasteiger partial charge in [0.05, 0.1) is 11.4 Å². The van der Waals surface area contributed by atoms with Gasteiger partial charge in [0.1, 0.15) is 12.3 Å². The number of halogens is 3. The second-order valence-electron chi connectivity index (χ2n) is 6.40. The highest BCUT2D eigenvalue weighted by Crippen LogP contribution is 2.28. The van der Waals surface area contributed by atoms with Gasteiger partial charge in [-0.05, 0) is 36.4 Å². The average Bonchev–Trinajstić information content (AvgIpc) is 2.76. The summed E-state index contributed by atoms with van der Waals surface area (Å²) in [7, 11) is -2.34. The lowest BCUT2D eigenvalue weighted by molar-refractivity contribution is -0.274. The quantitative estimate of drug-likeness (QED) is 0.165. The number of hydrogen-bond donors (Lipinski definition) is 5. The average molecular weight is 497 g/mol. The lowest BCUT2D eigenvalue weighted by Gasteiger charge is -2.13. The molecule has 2 aromatic carbocycles. The van der Waals surface area contributed by atoms with E-state index in [9.17, 15) is 22.2 Å². The standard InChI is InChI=1S/C19H16F3N6O5S/c20-19(21,22)33-14-3-1-2-11(8-14)15-9-16(25-18(24-15)23-10-17(29)30)27-26-12-4-6-13(7-5-12)28-34(31)32/h1-9,26H,10H2,(H,29,30)(H,28,31,32)(H2,23,24,25,27)/q-1. The largest absolute Gasteiger partial charge is 0.573 e. The van der Waals surface area contributed by atoms with Crippen molar-refractivity contribution in [3.8, 4) is 17.0 Å². The molecule has 0 unspecified atom stereocenters. The fourth-order valence-electron chi connectivity index (χ4n) is 2.58. The molecule has 5 N–H and O–H groups in total. The Bertz CT molecular complexity index is 1250. The van der Waals surface area contributed by atoms with Crippen LogP contribution in [0.4, 0.5) is 36.3 Å². The molecule has 0 fully saturated rings. The number of nitrogens with one attached hydrogen (secondary N) is 3. The summed E-state index contributed by atoms with van der Waals surface area (Å²) in [5, 5.41) is 11.4. The highest BCUT2D eigenvalue weighted by atomic mass is 32.2. The first-order chi connectivity index (χ1) is 16.1. The van der Waals surface area contributed by atoms with Crippen LogP contribution in [0.2, 0.25) is 0 Å². The van der Waals surface area contributed by atoms with Crippen molar-refractivity contribution in [1.82, 2.24) is 9.97 Å². The van der Waals surface area contributed by atoms with Gasteiger partial charge >= 0.3 is 12.3 Å². The fraction of sp³-hybridized carbons (Fsp3) is 0.105. The first-order valence-corrected chi connectivity index (χ1v) is 10.3. The number of hydrogen-bond acceptors (Lipinski definition) is 10. The molecule has 0 amide bonds. The molecule has 0 radical (unpaired) electrons. The molecule has 0 spiro atoms. The monoisotopic (exact) mass is 497 g/mol. The SMILES string of the molecule is O=C(O)CNc1nc(NNc2ccc(N=[S-](=O)O)cc2)cc(-c2cccc(OC(F)(F)F)c2)n1. The Hall–Kier alpha value is -4.11. The number of carbonyl (C=O) groups is 1. The summed E-state index contributed by atoms with van der Waals surface area (Å²) in [6.45, 7) is -0.495. The van der Waals surface area contributed by atoms with Crippen molar-refractivity contribution in [3.63, 3.8) is 0 Å². The van der Waals surface area contributed by atoms with Crippen molar-refractivity contribution >= 4 is 40.0 Å². The van der Waals surface area contributed by atoms with E-state index < -0.39 is 35.5 Å². The Morgan fingerprint density at radius 2 is 1.82 bits per heavy atom. The second-order valence-corrected chi connectivity index (χ2v) is 7.05. The normalized spacial score (nSPS) is 12.1. The molecule has 0 aliphatic rings. The number of rotatable bonds is 9. The minimum absolute atomic E-state index is 0.0917. The molecule has 0 bridgehead atoms. The van der Waals surface area contributed by atoms with Crippen LogP contribution in [0.3, 0.4) is 0 Å². The number of alkyl halides is 3. The highest BCUT2D eigenvalue weighted by molar-refractivity contribution is 7.68. The van der Waals surface area contributed by atoms with E-state index in [0.717, 1.165) is 12.1 Å². The van der Waals surface area contributed by atoms with Gasteiger partial charge in [0.15, 0.2) is 5.82 Å². The summed E-state index contributed by atoms with van der Waals surface area (Å²) in [6, 6.07) is 12.6. The third kappa shape index (κ3) is 7.79. The van der Waals surface area contributed by atoms with Gasteiger partial charge in [-0.15, -0.1) is 13.2 Å². The van der Waals surface area contributed by atoms with Gasteiger partial charge in [0, 0.05) is 17.3 Å². The molecule has 34 heavy (non-hydrogen) atoms. The molecule has 0 aliphatic carbocycles. The number of anilines is 3. The van der Waals surface area contributed by atoms with Gasteiger partial charge in [-0.3, -0.25) is 15.6 Å². The summed E-state index contributed by atoms with van der Waals surface area (Å²) in [5.74, 6) is -1.56. The maximum Gasteiger partial charge on any atom is 0.573 e. The van der Waals surface area contributed by atoms with Crippen LogP contribution in [-0.2, 0) is 19.9 Å². The molecule has 15 heteroatoms. The predicted octanol–water partition coefficient (Wildman–Crippen LogP) is 4.23. The first-order valence-electron chi connectivity index (χ1n) is 9.23. The molecule has 1 aromatic heterocycles. The molecule has 1 heterocycles. The van der Waals surface area contributed by atoms with E-state index in [2.05, 4.69) is 35.2 Å². The topological polar surface area (TPSA) is 158 Å². The van der Waals surface area contributed by atoms with Crippen LogP contribution in [0.5, 0.6) is 5.75 Å². The van der Waals surface area contributed by atoms with E-state index >= 15 is 0 Å². The summed E-state index contributed by atoms with van der Waals surface area (Å²) < 4.78 is 64.6. The molecule has 11 nitrogen and oxygen atoms in total. The zero-order chi connectivity index (χ0) is 24.7. The summed E-state index contributed by atoms with van der Waals surface area (Å²) >= 11 is 0. The van der Waals surface area contributed by atoms with Crippen LogP contribution in [0, 0.1) is 0 Å². The zero-order valence-corrected chi connectivity index (χ0v) is 17.7. The van der Waals surface area contributed by atoms with Crippen molar-refractivity contribution in [2.75, 3.05) is 22.7 Å². The van der Waals surface area contributed by atoms with E-state index in [0.29, 0.717) is 5.69 Å². The van der Waals surface area contributed by atoms with E-state index in [1.807, 2.05) is 0 Å². The van der Waals surface area contributed by atoms with E-state index in [4.69, 9.17) is 9.66 Å². The number of nitrogens with zero attached hydrogens (tertiary/aromatic N) is 3. The van der Waals surface area contributed by atoms with Gasteiger partial charge in [-0.2, -0.15) is 4.98 Å². The number of carboxylic acids is 1. The molecule has 180 valence electrons. The van der Waals surface area contributed by atoms with Gasteiger partial charge < -0.3 is 28.3 Å². The zero-order valence-electron chi connectivity index (χ0n) is 16.9. The van der Waals surface area contributed by atoms with Gasteiger partial charge in [0.2, 0.25) is 5.95 Å². The Morgan fingerprint density at radius 1 is 1.09 bits per heavy atom. The minimum atomic E-state index is -4.87. The second kappa shape index (κ2) is 10.7. The van der Waals surface area contributed by atoms with Crippen molar-refractivity contribution in [2.24, 2.45) is 4.36 Å². The Labute approximate surface area is 192 Å². The number of aliphatic carboxylic acids is 1. The molecule has 3 rings (SSSR count). The molecular weight excluding hydrogens is 481 g/mol. The highest BCUT2D eigenvalue weighted by Gasteiger charge is 2.31. The molecule has 0 saturated carbocycles. The lowest BCUT2D eigenvalue weighted by Crippen LogP contribution is -2.17. The van der Waals surface area contributed by atoms with E-state index in [1.54, 1.807) is 12.1 Å². The Balaban J connectivity index is 1.85. The number of hydrazine groups is 1. The number of aromatic nitrogens is 2.